The molecule has 4 rings (SSSR count). The second kappa shape index (κ2) is 14.0. The van der Waals surface area contributed by atoms with Gasteiger partial charge in [-0.15, -0.1) is 0 Å². The van der Waals surface area contributed by atoms with Crippen LogP contribution in [0.5, 0.6) is 0 Å². The summed E-state index contributed by atoms with van der Waals surface area (Å²) in [6, 6.07) is 6.22. The van der Waals surface area contributed by atoms with Crippen LogP contribution in [0.2, 0.25) is 0 Å². The van der Waals surface area contributed by atoms with Crippen molar-refractivity contribution in [3.8, 4) is 11.3 Å². The van der Waals surface area contributed by atoms with Gasteiger partial charge < -0.3 is 20.0 Å². The zero-order chi connectivity index (χ0) is 31.8. The van der Waals surface area contributed by atoms with E-state index in [1.807, 2.05) is 44.0 Å². The van der Waals surface area contributed by atoms with E-state index < -0.39 is 24.3 Å². The summed E-state index contributed by atoms with van der Waals surface area (Å²) in [5.74, 6) is -4.71. The molecule has 0 radical (unpaired) electrons. The van der Waals surface area contributed by atoms with Crippen LogP contribution in [0.15, 0.2) is 30.6 Å². The molecular weight excluding hydrogens is 576 g/mol. The van der Waals surface area contributed by atoms with Gasteiger partial charge in [-0.3, -0.25) is 9.67 Å². The van der Waals surface area contributed by atoms with Gasteiger partial charge in [0, 0.05) is 68.3 Å². The summed E-state index contributed by atoms with van der Waals surface area (Å²) in [5.41, 5.74) is 6.47. The zero-order valence-corrected chi connectivity index (χ0v) is 23.0. The Hall–Kier alpha value is -4.44. The van der Waals surface area contributed by atoms with Crippen LogP contribution in [0.4, 0.5) is 38.0 Å². The lowest BCUT2D eigenvalue weighted by Gasteiger charge is -2.24. The Morgan fingerprint density at radius 1 is 0.833 bits per heavy atom. The van der Waals surface area contributed by atoms with Crippen LogP contribution >= 0.6 is 0 Å². The van der Waals surface area contributed by atoms with Crippen molar-refractivity contribution in [3.63, 3.8) is 0 Å². The van der Waals surface area contributed by atoms with Crippen LogP contribution in [0.25, 0.3) is 11.3 Å². The Bertz CT molecular complexity index is 1350. The number of aliphatic carboxylic acids is 2. The number of anilines is 2. The third-order valence-electron chi connectivity index (χ3n) is 5.92. The van der Waals surface area contributed by atoms with E-state index in [0.29, 0.717) is 0 Å². The quantitative estimate of drug-likeness (QED) is 0.419. The minimum atomic E-state index is -5.08. The first-order valence-corrected chi connectivity index (χ1v) is 12.3. The number of nitrogens with zero attached hydrogens (tertiary/aromatic N) is 7. The van der Waals surface area contributed by atoms with E-state index in [4.69, 9.17) is 24.8 Å². The molecule has 11 nitrogen and oxygen atoms in total. The van der Waals surface area contributed by atoms with Crippen LogP contribution in [-0.4, -0.2) is 85.4 Å². The highest BCUT2D eigenvalue weighted by molar-refractivity contribution is 5.73. The summed E-state index contributed by atoms with van der Waals surface area (Å²) >= 11 is 0. The maximum atomic E-state index is 10.6. The molecule has 0 amide bonds. The molecule has 1 aliphatic heterocycles. The molecule has 0 saturated carbocycles. The van der Waals surface area contributed by atoms with Crippen molar-refractivity contribution in [2.24, 2.45) is 7.05 Å². The minimum absolute atomic E-state index is 0.799. The molecule has 42 heavy (non-hydrogen) atoms. The molecule has 0 unspecified atom stereocenters. The van der Waals surface area contributed by atoms with Gasteiger partial charge in [0.25, 0.3) is 0 Å². The molecule has 2 N–H and O–H groups in total. The summed E-state index contributed by atoms with van der Waals surface area (Å²) in [4.78, 5) is 36.3. The second-order valence-electron chi connectivity index (χ2n) is 9.00. The van der Waals surface area contributed by atoms with E-state index in [1.165, 1.54) is 5.69 Å². The average Bonchev–Trinajstić information content (AvgIpc) is 3.04. The van der Waals surface area contributed by atoms with Crippen LogP contribution in [0.1, 0.15) is 23.5 Å². The largest absolute Gasteiger partial charge is 0.490 e. The van der Waals surface area contributed by atoms with Gasteiger partial charge in [-0.2, -0.15) is 31.4 Å². The van der Waals surface area contributed by atoms with Crippen molar-refractivity contribution in [2.75, 3.05) is 36.0 Å². The molecule has 0 bridgehead atoms. The highest BCUT2D eigenvalue weighted by atomic mass is 19.4. The molecule has 4 heterocycles. The van der Waals surface area contributed by atoms with Crippen molar-refractivity contribution >= 4 is 23.6 Å². The molecule has 0 aromatic carbocycles. The third-order valence-corrected chi connectivity index (χ3v) is 5.92. The number of carboxylic acid groups (broad SMARTS) is 2. The van der Waals surface area contributed by atoms with Crippen molar-refractivity contribution in [3.05, 3.63) is 47.7 Å². The normalized spacial score (nSPS) is 13.8. The lowest BCUT2D eigenvalue weighted by atomic mass is 10.1. The Kier molecular flexibility index (Phi) is 11.2. The number of aromatic nitrogens is 5. The summed E-state index contributed by atoms with van der Waals surface area (Å²) in [5, 5.41) is 18.8. The average molecular weight is 606 g/mol. The highest BCUT2D eigenvalue weighted by Gasteiger charge is 2.38. The summed E-state index contributed by atoms with van der Waals surface area (Å²) < 4.78 is 65.4. The van der Waals surface area contributed by atoms with Gasteiger partial charge in [0.2, 0.25) is 5.95 Å². The van der Waals surface area contributed by atoms with Crippen LogP contribution in [0.3, 0.4) is 0 Å². The molecule has 0 atom stereocenters. The first-order chi connectivity index (χ1) is 19.4. The number of carbonyl (C=O) groups is 2. The van der Waals surface area contributed by atoms with Gasteiger partial charge in [-0.25, -0.2) is 19.6 Å². The molecule has 0 aliphatic carbocycles. The maximum Gasteiger partial charge on any atom is 0.490 e. The van der Waals surface area contributed by atoms with Gasteiger partial charge in [-0.1, -0.05) is 0 Å². The van der Waals surface area contributed by atoms with E-state index >= 15 is 0 Å². The fraction of sp³-hybridized carbons (Fsp3) is 0.440. The standard InChI is InChI=1S/C21H27N7.2C2HF3O2/c1-15-14-18(6-8-22-15)27-10-5-11-28(13-12-27)21-23-9-7-19(24-21)20-16(2)25-26(4)17(20)3;2*3-2(4,5)1(6)7/h6-9,14H,5,10-13H2,1-4H3;2*(H,6,7). The summed E-state index contributed by atoms with van der Waals surface area (Å²) in [6.07, 6.45) is -5.35. The van der Waals surface area contributed by atoms with Gasteiger partial charge in [0.1, 0.15) is 0 Å². The smallest absolute Gasteiger partial charge is 0.475 e. The fourth-order valence-electron chi connectivity index (χ4n) is 3.89. The van der Waals surface area contributed by atoms with Gasteiger partial charge in [0.05, 0.1) is 11.4 Å². The zero-order valence-electron chi connectivity index (χ0n) is 23.0. The highest BCUT2D eigenvalue weighted by Crippen LogP contribution is 2.26. The van der Waals surface area contributed by atoms with Gasteiger partial charge >= 0.3 is 24.3 Å². The van der Waals surface area contributed by atoms with E-state index in [0.717, 1.165) is 66.9 Å². The molecule has 1 saturated heterocycles. The number of hydrogen-bond acceptors (Lipinski definition) is 8. The Morgan fingerprint density at radius 3 is 1.86 bits per heavy atom. The predicted molar refractivity (Wildman–Crippen MR) is 139 cm³/mol. The Morgan fingerprint density at radius 2 is 1.36 bits per heavy atom. The molecular formula is C25H29F6N7O4. The fourth-order valence-corrected chi connectivity index (χ4v) is 3.89. The van der Waals surface area contributed by atoms with Crippen LogP contribution in [0, 0.1) is 20.8 Å². The Balaban J connectivity index is 0.000000367. The molecule has 230 valence electrons. The van der Waals surface area contributed by atoms with Crippen LogP contribution < -0.4 is 9.80 Å². The van der Waals surface area contributed by atoms with E-state index in [9.17, 15) is 26.3 Å². The van der Waals surface area contributed by atoms with Crippen molar-refractivity contribution in [2.45, 2.75) is 39.5 Å². The lowest BCUT2D eigenvalue weighted by Crippen LogP contribution is -2.31. The van der Waals surface area contributed by atoms with Crippen LogP contribution in [-0.2, 0) is 16.6 Å². The van der Waals surface area contributed by atoms with Crippen molar-refractivity contribution in [1.29, 1.82) is 0 Å². The maximum absolute atomic E-state index is 10.6. The minimum Gasteiger partial charge on any atom is -0.475 e. The predicted octanol–water partition coefficient (Wildman–Crippen LogP) is 4.18. The number of carboxylic acids is 2. The van der Waals surface area contributed by atoms with E-state index in [-0.39, 0.29) is 0 Å². The number of aryl methyl sites for hydroxylation is 3. The molecule has 1 fully saturated rings. The molecule has 0 spiro atoms. The Labute approximate surface area is 236 Å². The molecule has 3 aromatic rings. The molecule has 17 heteroatoms. The summed E-state index contributed by atoms with van der Waals surface area (Å²) in [6.45, 7) is 9.98. The number of halogens is 6. The monoisotopic (exact) mass is 605 g/mol. The SMILES string of the molecule is Cc1cc(N2CCCN(c3nccc(-c4c(C)nn(C)c4C)n3)CC2)ccn1.O=C(O)C(F)(F)F.O=C(O)C(F)(F)F. The third kappa shape index (κ3) is 9.59. The van der Waals surface area contributed by atoms with Crippen molar-refractivity contribution in [1.82, 2.24) is 24.7 Å². The summed E-state index contributed by atoms with van der Waals surface area (Å²) in [7, 11) is 1.97. The van der Waals surface area contributed by atoms with Crippen molar-refractivity contribution < 1.29 is 46.1 Å². The van der Waals surface area contributed by atoms with Gasteiger partial charge in [-0.05, 0) is 45.4 Å². The topological polar surface area (TPSA) is 138 Å². The number of pyridine rings is 1. The number of hydrogen-bond donors (Lipinski definition) is 2. The van der Waals surface area contributed by atoms with E-state index in [2.05, 4.69) is 43.9 Å². The lowest BCUT2D eigenvalue weighted by molar-refractivity contribution is -0.193. The molecule has 1 aliphatic rings. The second-order valence-corrected chi connectivity index (χ2v) is 9.00. The van der Waals surface area contributed by atoms with E-state index in [1.54, 1.807) is 0 Å². The first kappa shape index (κ1) is 33.8. The number of rotatable bonds is 3. The molecule has 3 aromatic heterocycles. The first-order valence-electron chi connectivity index (χ1n) is 12.3. The number of alkyl halides is 6. The van der Waals surface area contributed by atoms with Gasteiger partial charge in [0.15, 0.2) is 0 Å².